The lowest BCUT2D eigenvalue weighted by Crippen LogP contribution is -2.06. The van der Waals surface area contributed by atoms with E-state index in [0.29, 0.717) is 5.92 Å². The van der Waals surface area contributed by atoms with Gasteiger partial charge in [-0.05, 0) is 37.5 Å². The average molecular weight is 234 g/mol. The molecular weight excluding hydrogens is 212 g/mol. The van der Waals surface area contributed by atoms with Gasteiger partial charge in [0.05, 0.1) is 0 Å². The molecule has 0 radical (unpaired) electrons. The maximum atomic E-state index is 11.6. The van der Waals surface area contributed by atoms with E-state index in [4.69, 9.17) is 4.42 Å². The Morgan fingerprint density at radius 1 is 1.12 bits per heavy atom. The van der Waals surface area contributed by atoms with Crippen molar-refractivity contribution in [1.82, 2.24) is 0 Å². The van der Waals surface area contributed by atoms with E-state index >= 15 is 0 Å². The van der Waals surface area contributed by atoms with Crippen LogP contribution in [0, 0.1) is 5.92 Å². The molecule has 94 valence electrons. The lowest BCUT2D eigenvalue weighted by molar-refractivity contribution is -0.114. The SMILES string of the molecule is CC(=O)C(=C(C)c1ccc(C(C)C)o1)C(C)C. The molecule has 0 aliphatic rings. The van der Waals surface area contributed by atoms with Crippen molar-refractivity contribution >= 4 is 11.4 Å². The molecule has 1 rings (SSSR count). The van der Waals surface area contributed by atoms with Gasteiger partial charge in [0, 0.05) is 11.5 Å². The monoisotopic (exact) mass is 234 g/mol. The first kappa shape index (κ1) is 13.8. The number of carbonyl (C=O) groups excluding carboxylic acids is 1. The fourth-order valence-electron chi connectivity index (χ4n) is 2.10. The average Bonchev–Trinajstić information content (AvgIpc) is 2.64. The van der Waals surface area contributed by atoms with Crippen LogP contribution < -0.4 is 0 Å². The molecule has 2 heteroatoms. The lowest BCUT2D eigenvalue weighted by Gasteiger charge is -2.11. The highest BCUT2D eigenvalue weighted by Gasteiger charge is 2.16. The molecule has 0 saturated heterocycles. The molecule has 0 atom stereocenters. The molecule has 0 saturated carbocycles. The van der Waals surface area contributed by atoms with Crippen LogP contribution in [0.15, 0.2) is 22.1 Å². The molecule has 1 heterocycles. The molecule has 17 heavy (non-hydrogen) atoms. The van der Waals surface area contributed by atoms with Crippen molar-refractivity contribution in [3.05, 3.63) is 29.2 Å². The maximum Gasteiger partial charge on any atom is 0.156 e. The quantitative estimate of drug-likeness (QED) is 0.722. The summed E-state index contributed by atoms with van der Waals surface area (Å²) >= 11 is 0. The minimum Gasteiger partial charge on any atom is -0.461 e. The van der Waals surface area contributed by atoms with Crippen molar-refractivity contribution < 1.29 is 9.21 Å². The van der Waals surface area contributed by atoms with E-state index in [9.17, 15) is 4.79 Å². The summed E-state index contributed by atoms with van der Waals surface area (Å²) in [5.41, 5.74) is 1.81. The molecule has 0 spiro atoms. The molecule has 0 amide bonds. The highest BCUT2D eigenvalue weighted by Crippen LogP contribution is 2.28. The summed E-state index contributed by atoms with van der Waals surface area (Å²) in [6.45, 7) is 11.8. The van der Waals surface area contributed by atoms with Crippen molar-refractivity contribution in [2.45, 2.75) is 47.5 Å². The van der Waals surface area contributed by atoms with Crippen molar-refractivity contribution in [2.75, 3.05) is 0 Å². The summed E-state index contributed by atoms with van der Waals surface area (Å²) < 4.78 is 5.78. The fraction of sp³-hybridized carbons (Fsp3) is 0.533. The predicted octanol–water partition coefficient (Wildman–Crippen LogP) is 4.42. The maximum absolute atomic E-state index is 11.6. The van der Waals surface area contributed by atoms with Gasteiger partial charge in [0.25, 0.3) is 0 Å². The van der Waals surface area contributed by atoms with E-state index in [0.717, 1.165) is 22.7 Å². The van der Waals surface area contributed by atoms with Gasteiger partial charge in [-0.3, -0.25) is 4.79 Å². The van der Waals surface area contributed by atoms with Crippen LogP contribution in [0.2, 0.25) is 0 Å². The lowest BCUT2D eigenvalue weighted by atomic mass is 9.94. The Bertz CT molecular complexity index is 434. The Balaban J connectivity index is 3.20. The van der Waals surface area contributed by atoms with Gasteiger partial charge in [0.1, 0.15) is 11.5 Å². The van der Waals surface area contributed by atoms with E-state index in [1.165, 1.54) is 0 Å². The van der Waals surface area contributed by atoms with Gasteiger partial charge in [-0.1, -0.05) is 27.7 Å². The Kier molecular flexibility index (Phi) is 4.33. The van der Waals surface area contributed by atoms with Crippen LogP contribution in [0.4, 0.5) is 0 Å². The van der Waals surface area contributed by atoms with Crippen molar-refractivity contribution in [3.63, 3.8) is 0 Å². The van der Waals surface area contributed by atoms with Gasteiger partial charge < -0.3 is 4.42 Å². The van der Waals surface area contributed by atoms with Gasteiger partial charge in [0.15, 0.2) is 5.78 Å². The van der Waals surface area contributed by atoms with Crippen LogP contribution in [-0.4, -0.2) is 5.78 Å². The second kappa shape index (κ2) is 5.35. The van der Waals surface area contributed by atoms with Crippen LogP contribution in [0.3, 0.4) is 0 Å². The summed E-state index contributed by atoms with van der Waals surface area (Å²) in [7, 11) is 0. The molecule has 0 fully saturated rings. The molecule has 0 aliphatic carbocycles. The molecular formula is C15H22O2. The van der Waals surface area contributed by atoms with Crippen LogP contribution >= 0.6 is 0 Å². The Morgan fingerprint density at radius 3 is 2.06 bits per heavy atom. The highest BCUT2D eigenvalue weighted by atomic mass is 16.3. The zero-order chi connectivity index (χ0) is 13.2. The molecule has 0 bridgehead atoms. The molecule has 0 aromatic carbocycles. The van der Waals surface area contributed by atoms with Crippen LogP contribution in [0.5, 0.6) is 0 Å². The Labute approximate surface area is 104 Å². The van der Waals surface area contributed by atoms with E-state index < -0.39 is 0 Å². The summed E-state index contributed by atoms with van der Waals surface area (Å²) in [5.74, 6) is 2.50. The summed E-state index contributed by atoms with van der Waals surface area (Å²) in [6.07, 6.45) is 0. The van der Waals surface area contributed by atoms with E-state index in [2.05, 4.69) is 13.8 Å². The first-order chi connectivity index (χ1) is 7.84. The van der Waals surface area contributed by atoms with Crippen LogP contribution in [0.1, 0.15) is 59.0 Å². The number of furan rings is 1. The second-order valence-corrected chi connectivity index (χ2v) is 5.11. The Morgan fingerprint density at radius 2 is 1.71 bits per heavy atom. The predicted molar refractivity (Wildman–Crippen MR) is 70.9 cm³/mol. The van der Waals surface area contributed by atoms with E-state index in [1.807, 2.05) is 32.9 Å². The number of Topliss-reactive ketones (excluding diaryl/α,β-unsaturated/α-hetero) is 1. The molecule has 1 aromatic rings. The van der Waals surface area contributed by atoms with E-state index in [-0.39, 0.29) is 11.7 Å². The summed E-state index contributed by atoms with van der Waals surface area (Å²) in [6, 6.07) is 3.94. The number of carbonyl (C=O) groups is 1. The van der Waals surface area contributed by atoms with Crippen LogP contribution in [-0.2, 0) is 4.79 Å². The number of ketones is 1. The molecule has 0 unspecified atom stereocenters. The third-order valence-electron chi connectivity index (χ3n) is 2.93. The molecule has 0 N–H and O–H groups in total. The first-order valence-electron chi connectivity index (χ1n) is 6.16. The zero-order valence-electron chi connectivity index (χ0n) is 11.6. The number of allylic oxidation sites excluding steroid dienone is 2. The third kappa shape index (κ3) is 3.09. The second-order valence-electron chi connectivity index (χ2n) is 5.11. The fourth-order valence-corrected chi connectivity index (χ4v) is 2.10. The summed E-state index contributed by atoms with van der Waals surface area (Å²) in [4.78, 5) is 11.6. The van der Waals surface area contributed by atoms with Gasteiger partial charge >= 0.3 is 0 Å². The van der Waals surface area contributed by atoms with E-state index in [1.54, 1.807) is 6.92 Å². The number of rotatable bonds is 4. The minimum absolute atomic E-state index is 0.125. The highest BCUT2D eigenvalue weighted by molar-refractivity contribution is 6.00. The van der Waals surface area contributed by atoms with Gasteiger partial charge in [0.2, 0.25) is 0 Å². The van der Waals surface area contributed by atoms with Crippen molar-refractivity contribution in [1.29, 1.82) is 0 Å². The summed E-state index contributed by atoms with van der Waals surface area (Å²) in [5, 5.41) is 0. The Hall–Kier alpha value is -1.31. The van der Waals surface area contributed by atoms with Gasteiger partial charge in [-0.2, -0.15) is 0 Å². The topological polar surface area (TPSA) is 30.2 Å². The van der Waals surface area contributed by atoms with Crippen molar-refractivity contribution in [3.8, 4) is 0 Å². The smallest absolute Gasteiger partial charge is 0.156 e. The standard InChI is InChI=1S/C15H22O2/c1-9(2)13-7-8-14(17-13)11(5)15(10(3)4)12(6)16/h7-10H,1-6H3. The third-order valence-corrected chi connectivity index (χ3v) is 2.93. The minimum atomic E-state index is 0.125. The molecule has 2 nitrogen and oxygen atoms in total. The largest absolute Gasteiger partial charge is 0.461 e. The molecule has 0 aliphatic heterocycles. The van der Waals surface area contributed by atoms with Gasteiger partial charge in [-0.15, -0.1) is 0 Å². The van der Waals surface area contributed by atoms with Gasteiger partial charge in [-0.25, -0.2) is 0 Å². The van der Waals surface area contributed by atoms with Crippen LogP contribution in [0.25, 0.3) is 5.57 Å². The molecule has 1 aromatic heterocycles. The van der Waals surface area contributed by atoms with Crippen molar-refractivity contribution in [2.24, 2.45) is 5.92 Å². The number of hydrogen-bond donors (Lipinski definition) is 0. The number of hydrogen-bond acceptors (Lipinski definition) is 2. The zero-order valence-corrected chi connectivity index (χ0v) is 11.6. The first-order valence-corrected chi connectivity index (χ1v) is 6.16. The normalized spacial score (nSPS) is 13.2.